The van der Waals surface area contributed by atoms with Crippen molar-refractivity contribution in [2.45, 2.75) is 38.6 Å². The third-order valence-electron chi connectivity index (χ3n) is 2.79. The number of alkyl halides is 3. The van der Waals surface area contributed by atoms with Crippen LogP contribution in [-0.2, 0) is 6.18 Å². The number of aliphatic hydroxyl groups excluding tert-OH is 1. The Balaban J connectivity index is 3.22. The molecule has 0 aliphatic heterocycles. The van der Waals surface area contributed by atoms with Gasteiger partial charge in [-0.3, -0.25) is 0 Å². The van der Waals surface area contributed by atoms with E-state index in [1.165, 1.54) is 6.92 Å². The third-order valence-corrected chi connectivity index (χ3v) is 2.79. The predicted octanol–water partition coefficient (Wildman–Crippen LogP) is 2.54. The molecule has 1 aromatic rings. The first-order chi connectivity index (χ1) is 8.58. The van der Waals surface area contributed by atoms with E-state index in [0.29, 0.717) is 0 Å². The Morgan fingerprint density at radius 2 is 1.95 bits per heavy atom. The van der Waals surface area contributed by atoms with Crippen LogP contribution in [0.2, 0.25) is 0 Å². The van der Waals surface area contributed by atoms with Crippen LogP contribution in [0.25, 0.3) is 0 Å². The van der Waals surface area contributed by atoms with E-state index in [1.807, 2.05) is 0 Å². The quantitative estimate of drug-likeness (QED) is 0.888. The molecule has 2 N–H and O–H groups in total. The van der Waals surface area contributed by atoms with Gasteiger partial charge in [0.15, 0.2) is 0 Å². The predicted molar refractivity (Wildman–Crippen MR) is 63.3 cm³/mol. The zero-order valence-corrected chi connectivity index (χ0v) is 10.7. The normalized spacial score (nSPS) is 13.8. The van der Waals surface area contributed by atoms with E-state index >= 15 is 0 Å². The summed E-state index contributed by atoms with van der Waals surface area (Å²) in [6.45, 7) is 4.69. The van der Waals surface area contributed by atoms with Crippen LogP contribution in [0.5, 0.6) is 0 Å². The number of hydrogen-bond donors (Lipinski definition) is 2. The Morgan fingerprint density at radius 3 is 2.37 bits per heavy atom. The fourth-order valence-electron chi connectivity index (χ4n) is 1.21. The van der Waals surface area contributed by atoms with E-state index in [1.54, 1.807) is 19.9 Å². The molecular formula is C12H14F3N3O. The number of nitriles is 1. The summed E-state index contributed by atoms with van der Waals surface area (Å²) in [6, 6.07) is 3.56. The molecule has 0 amide bonds. The van der Waals surface area contributed by atoms with Crippen molar-refractivity contribution in [3.8, 4) is 6.07 Å². The summed E-state index contributed by atoms with van der Waals surface area (Å²) < 4.78 is 37.7. The Morgan fingerprint density at radius 1 is 1.37 bits per heavy atom. The average Bonchev–Trinajstić information content (AvgIpc) is 2.27. The largest absolute Gasteiger partial charge is 0.433 e. The summed E-state index contributed by atoms with van der Waals surface area (Å²) in [5, 5.41) is 21.1. The van der Waals surface area contributed by atoms with Crippen molar-refractivity contribution < 1.29 is 18.3 Å². The number of nitrogens with zero attached hydrogens (tertiary/aromatic N) is 2. The van der Waals surface area contributed by atoms with Crippen LogP contribution in [-0.4, -0.2) is 21.7 Å². The van der Waals surface area contributed by atoms with E-state index in [-0.39, 0.29) is 11.4 Å². The molecule has 1 unspecified atom stereocenters. The lowest BCUT2D eigenvalue weighted by Gasteiger charge is -2.30. The molecule has 1 atom stereocenters. The summed E-state index contributed by atoms with van der Waals surface area (Å²) in [5.74, 6) is -0.191. The van der Waals surface area contributed by atoms with Gasteiger partial charge in [-0.05, 0) is 32.9 Å². The van der Waals surface area contributed by atoms with Crippen LogP contribution in [0.1, 0.15) is 32.0 Å². The Labute approximate surface area is 108 Å². The molecular weight excluding hydrogens is 259 g/mol. The monoisotopic (exact) mass is 273 g/mol. The van der Waals surface area contributed by atoms with Gasteiger partial charge in [0.1, 0.15) is 17.6 Å². The number of anilines is 1. The first-order valence-corrected chi connectivity index (χ1v) is 5.52. The molecule has 0 aliphatic rings. The van der Waals surface area contributed by atoms with Crippen LogP contribution in [0.4, 0.5) is 19.0 Å². The molecule has 0 saturated heterocycles. The van der Waals surface area contributed by atoms with E-state index < -0.39 is 23.5 Å². The standard InChI is InChI=1S/C12H14F3N3O/c1-7(19)11(2,3)18-10-8(6-16)4-5-9(17-10)12(13,14)15/h4-5,7,19H,1-3H3,(H,17,18). The number of aliphatic hydroxyl groups is 1. The second-order valence-corrected chi connectivity index (χ2v) is 4.72. The highest BCUT2D eigenvalue weighted by molar-refractivity contribution is 5.54. The second-order valence-electron chi connectivity index (χ2n) is 4.72. The van der Waals surface area contributed by atoms with Crippen LogP contribution >= 0.6 is 0 Å². The van der Waals surface area contributed by atoms with Crippen molar-refractivity contribution in [1.82, 2.24) is 4.98 Å². The summed E-state index contributed by atoms with van der Waals surface area (Å²) in [5.41, 5.74) is -2.01. The van der Waals surface area contributed by atoms with Crippen LogP contribution in [0, 0.1) is 11.3 Å². The maximum absolute atomic E-state index is 12.6. The van der Waals surface area contributed by atoms with Gasteiger partial charge in [0.05, 0.1) is 17.2 Å². The van der Waals surface area contributed by atoms with Gasteiger partial charge in [-0.1, -0.05) is 0 Å². The van der Waals surface area contributed by atoms with E-state index in [4.69, 9.17) is 5.26 Å². The summed E-state index contributed by atoms with van der Waals surface area (Å²) in [7, 11) is 0. The second kappa shape index (κ2) is 5.05. The third kappa shape index (κ3) is 3.58. The van der Waals surface area contributed by atoms with Crippen molar-refractivity contribution in [3.05, 3.63) is 23.4 Å². The highest BCUT2D eigenvalue weighted by Gasteiger charge is 2.34. The van der Waals surface area contributed by atoms with E-state index in [0.717, 1.165) is 12.1 Å². The number of pyridine rings is 1. The van der Waals surface area contributed by atoms with Gasteiger partial charge >= 0.3 is 6.18 Å². The average molecular weight is 273 g/mol. The van der Waals surface area contributed by atoms with E-state index in [9.17, 15) is 18.3 Å². The molecule has 104 valence electrons. The lowest BCUT2D eigenvalue weighted by Crippen LogP contribution is -2.42. The molecule has 1 aromatic heterocycles. The zero-order chi connectivity index (χ0) is 14.8. The molecule has 0 aromatic carbocycles. The topological polar surface area (TPSA) is 68.9 Å². The Bertz CT molecular complexity index is 504. The maximum atomic E-state index is 12.6. The fraction of sp³-hybridized carbons (Fsp3) is 0.500. The molecule has 1 rings (SSSR count). The van der Waals surface area contributed by atoms with E-state index in [2.05, 4.69) is 10.3 Å². The van der Waals surface area contributed by atoms with Crippen molar-refractivity contribution in [2.24, 2.45) is 0 Å². The van der Waals surface area contributed by atoms with Gasteiger partial charge in [-0.25, -0.2) is 4.98 Å². The molecule has 0 bridgehead atoms. The minimum atomic E-state index is -4.58. The highest BCUT2D eigenvalue weighted by Crippen LogP contribution is 2.30. The van der Waals surface area contributed by atoms with Gasteiger partial charge in [0.25, 0.3) is 0 Å². The summed E-state index contributed by atoms with van der Waals surface area (Å²) in [6.07, 6.45) is -5.42. The lowest BCUT2D eigenvalue weighted by atomic mass is 9.98. The fourth-order valence-corrected chi connectivity index (χ4v) is 1.21. The van der Waals surface area contributed by atoms with Crippen molar-refractivity contribution in [2.75, 3.05) is 5.32 Å². The summed E-state index contributed by atoms with van der Waals surface area (Å²) in [4.78, 5) is 3.41. The number of halogens is 3. The molecule has 0 aliphatic carbocycles. The first kappa shape index (κ1) is 15.2. The van der Waals surface area contributed by atoms with Gasteiger partial charge in [-0.2, -0.15) is 18.4 Å². The minimum Gasteiger partial charge on any atom is -0.391 e. The molecule has 7 heteroatoms. The number of nitrogens with one attached hydrogen (secondary N) is 1. The first-order valence-electron chi connectivity index (χ1n) is 5.52. The van der Waals surface area contributed by atoms with Crippen LogP contribution in [0.15, 0.2) is 12.1 Å². The molecule has 1 heterocycles. The zero-order valence-electron chi connectivity index (χ0n) is 10.7. The SMILES string of the molecule is CC(O)C(C)(C)Nc1nc(C(F)(F)F)ccc1C#N. The minimum absolute atomic E-state index is 0.0123. The highest BCUT2D eigenvalue weighted by atomic mass is 19.4. The molecule has 0 saturated carbocycles. The number of aromatic nitrogens is 1. The number of rotatable bonds is 3. The van der Waals surface area contributed by atoms with Crippen LogP contribution in [0.3, 0.4) is 0 Å². The van der Waals surface area contributed by atoms with Crippen molar-refractivity contribution in [1.29, 1.82) is 5.26 Å². The van der Waals surface area contributed by atoms with Crippen molar-refractivity contribution >= 4 is 5.82 Å². The van der Waals surface area contributed by atoms with Gasteiger partial charge in [0.2, 0.25) is 0 Å². The van der Waals surface area contributed by atoms with Gasteiger partial charge in [-0.15, -0.1) is 0 Å². The Kier molecular flexibility index (Phi) is 4.06. The maximum Gasteiger partial charge on any atom is 0.433 e. The molecule has 4 nitrogen and oxygen atoms in total. The molecule has 19 heavy (non-hydrogen) atoms. The molecule has 0 fully saturated rings. The van der Waals surface area contributed by atoms with Crippen LogP contribution < -0.4 is 5.32 Å². The molecule has 0 radical (unpaired) electrons. The summed E-state index contributed by atoms with van der Waals surface area (Å²) >= 11 is 0. The van der Waals surface area contributed by atoms with Gasteiger partial charge < -0.3 is 10.4 Å². The number of hydrogen-bond acceptors (Lipinski definition) is 4. The Hall–Kier alpha value is -1.81. The van der Waals surface area contributed by atoms with Crippen molar-refractivity contribution in [3.63, 3.8) is 0 Å². The molecule has 0 spiro atoms. The smallest absolute Gasteiger partial charge is 0.391 e. The lowest BCUT2D eigenvalue weighted by molar-refractivity contribution is -0.141. The van der Waals surface area contributed by atoms with Gasteiger partial charge in [0, 0.05) is 0 Å².